The van der Waals surface area contributed by atoms with Crippen LogP contribution in [-0.4, -0.2) is 11.5 Å². The minimum absolute atomic E-state index is 0.470. The fourth-order valence-corrected chi connectivity index (χ4v) is 2.70. The number of nitrogens with two attached hydrogens (primary N) is 1. The van der Waals surface area contributed by atoms with Gasteiger partial charge < -0.3 is 11.1 Å². The second kappa shape index (κ2) is 5.27. The molecule has 1 aliphatic rings. The van der Waals surface area contributed by atoms with Crippen LogP contribution in [-0.2, 0) is 0 Å². The Balaban J connectivity index is 2.08. The van der Waals surface area contributed by atoms with Gasteiger partial charge in [0.1, 0.15) is 4.99 Å². The quantitative estimate of drug-likeness (QED) is 0.769. The topological polar surface area (TPSA) is 38.0 Å². The van der Waals surface area contributed by atoms with E-state index in [1.165, 1.54) is 31.2 Å². The molecule has 0 spiro atoms. The molecule has 1 aliphatic carbocycles. The number of aryl methyl sites for hydroxylation is 1. The van der Waals surface area contributed by atoms with Gasteiger partial charge in [-0.3, -0.25) is 0 Å². The van der Waals surface area contributed by atoms with E-state index in [1.54, 1.807) is 0 Å². The third kappa shape index (κ3) is 3.02. The summed E-state index contributed by atoms with van der Waals surface area (Å²) in [4.78, 5) is 0.470. The molecule has 2 rings (SSSR count). The first kappa shape index (κ1) is 13.3. The summed E-state index contributed by atoms with van der Waals surface area (Å²) < 4.78 is 0. The van der Waals surface area contributed by atoms with E-state index in [0.717, 1.165) is 17.8 Å². The molecule has 0 atom stereocenters. The highest BCUT2D eigenvalue weighted by Crippen LogP contribution is 2.49. The van der Waals surface area contributed by atoms with Gasteiger partial charge in [0.05, 0.1) is 0 Å². The summed E-state index contributed by atoms with van der Waals surface area (Å²) in [6, 6.07) is 6.20. The Kier molecular flexibility index (Phi) is 3.91. The SMILES string of the molecule is CCCC1(CNc2cc(C)ccc2C(N)=S)CC1. The van der Waals surface area contributed by atoms with Gasteiger partial charge in [-0.15, -0.1) is 0 Å². The molecule has 3 N–H and O–H groups in total. The number of thiocarbonyl (C=S) groups is 1. The second-order valence-electron chi connectivity index (χ2n) is 5.52. The molecule has 1 fully saturated rings. The monoisotopic (exact) mass is 262 g/mol. The molecule has 0 bridgehead atoms. The third-order valence-corrected chi connectivity index (χ3v) is 4.05. The van der Waals surface area contributed by atoms with Crippen molar-refractivity contribution in [1.82, 2.24) is 0 Å². The third-order valence-electron chi connectivity index (χ3n) is 3.83. The Bertz CT molecular complexity index is 450. The first-order chi connectivity index (χ1) is 8.56. The van der Waals surface area contributed by atoms with Gasteiger partial charge >= 0.3 is 0 Å². The largest absolute Gasteiger partial charge is 0.389 e. The van der Waals surface area contributed by atoms with Crippen LogP contribution in [0.1, 0.15) is 43.7 Å². The number of anilines is 1. The zero-order valence-corrected chi connectivity index (χ0v) is 12.1. The molecule has 0 aliphatic heterocycles. The summed E-state index contributed by atoms with van der Waals surface area (Å²) in [7, 11) is 0. The van der Waals surface area contributed by atoms with E-state index in [9.17, 15) is 0 Å². The van der Waals surface area contributed by atoms with E-state index in [2.05, 4.69) is 31.3 Å². The van der Waals surface area contributed by atoms with Crippen molar-refractivity contribution in [2.24, 2.45) is 11.1 Å². The van der Waals surface area contributed by atoms with Crippen LogP contribution in [0.3, 0.4) is 0 Å². The zero-order chi connectivity index (χ0) is 13.2. The Hall–Kier alpha value is -1.09. The lowest BCUT2D eigenvalue weighted by atomic mass is 10.00. The molecule has 0 radical (unpaired) electrons. The van der Waals surface area contributed by atoms with Crippen molar-refractivity contribution < 1.29 is 0 Å². The van der Waals surface area contributed by atoms with Crippen molar-refractivity contribution in [3.8, 4) is 0 Å². The van der Waals surface area contributed by atoms with E-state index in [4.69, 9.17) is 18.0 Å². The summed E-state index contributed by atoms with van der Waals surface area (Å²) in [5.41, 5.74) is 9.59. The van der Waals surface area contributed by atoms with Crippen LogP contribution in [0.15, 0.2) is 18.2 Å². The van der Waals surface area contributed by atoms with Crippen molar-refractivity contribution in [3.63, 3.8) is 0 Å². The highest BCUT2D eigenvalue weighted by Gasteiger charge is 2.41. The molecule has 18 heavy (non-hydrogen) atoms. The highest BCUT2D eigenvalue weighted by atomic mass is 32.1. The van der Waals surface area contributed by atoms with Gasteiger partial charge in [0, 0.05) is 17.8 Å². The molecule has 0 heterocycles. The maximum Gasteiger partial charge on any atom is 0.106 e. The first-order valence-corrected chi connectivity index (χ1v) is 7.11. The molecule has 3 heteroatoms. The van der Waals surface area contributed by atoms with Crippen LogP contribution in [0, 0.1) is 12.3 Å². The lowest BCUT2D eigenvalue weighted by Gasteiger charge is -2.18. The predicted molar refractivity (Wildman–Crippen MR) is 82.1 cm³/mol. The van der Waals surface area contributed by atoms with Gasteiger partial charge in [-0.2, -0.15) is 0 Å². The van der Waals surface area contributed by atoms with Crippen LogP contribution in [0.25, 0.3) is 0 Å². The van der Waals surface area contributed by atoms with E-state index >= 15 is 0 Å². The van der Waals surface area contributed by atoms with Crippen LogP contribution in [0.5, 0.6) is 0 Å². The van der Waals surface area contributed by atoms with Gasteiger partial charge in [-0.25, -0.2) is 0 Å². The predicted octanol–water partition coefficient (Wildman–Crippen LogP) is 3.62. The van der Waals surface area contributed by atoms with Crippen LogP contribution in [0.2, 0.25) is 0 Å². The standard InChI is InChI=1S/C15H22N2S/c1-3-6-15(7-8-15)10-17-13-9-11(2)4-5-12(13)14(16)18/h4-5,9,17H,3,6-8,10H2,1-2H3,(H2,16,18). The Morgan fingerprint density at radius 1 is 1.44 bits per heavy atom. The number of nitrogens with one attached hydrogen (secondary N) is 1. The minimum Gasteiger partial charge on any atom is -0.389 e. The Morgan fingerprint density at radius 2 is 2.17 bits per heavy atom. The first-order valence-electron chi connectivity index (χ1n) is 6.71. The van der Waals surface area contributed by atoms with Gasteiger partial charge in [0.15, 0.2) is 0 Å². The molecule has 1 saturated carbocycles. The molecular weight excluding hydrogens is 240 g/mol. The Labute approximate surface area is 115 Å². The van der Waals surface area contributed by atoms with E-state index < -0.39 is 0 Å². The average molecular weight is 262 g/mol. The minimum atomic E-state index is 0.470. The molecule has 98 valence electrons. The summed E-state index contributed by atoms with van der Waals surface area (Å²) in [6.45, 7) is 5.39. The number of benzene rings is 1. The van der Waals surface area contributed by atoms with Crippen molar-refractivity contribution >= 4 is 22.9 Å². The molecule has 1 aromatic rings. The smallest absolute Gasteiger partial charge is 0.106 e. The van der Waals surface area contributed by atoms with Crippen molar-refractivity contribution in [2.45, 2.75) is 39.5 Å². The number of hydrogen-bond donors (Lipinski definition) is 2. The molecule has 1 aromatic carbocycles. The number of rotatable bonds is 6. The number of hydrogen-bond acceptors (Lipinski definition) is 2. The molecule has 0 amide bonds. The molecule has 0 aromatic heterocycles. The summed E-state index contributed by atoms with van der Waals surface area (Å²) in [6.07, 6.45) is 5.27. The normalized spacial score (nSPS) is 16.3. The fraction of sp³-hybridized carbons (Fsp3) is 0.533. The summed E-state index contributed by atoms with van der Waals surface area (Å²) >= 11 is 5.11. The van der Waals surface area contributed by atoms with E-state index in [1.807, 2.05) is 6.07 Å². The molecule has 0 saturated heterocycles. The van der Waals surface area contributed by atoms with Gasteiger partial charge in [-0.05, 0) is 49.3 Å². The Morgan fingerprint density at radius 3 is 2.72 bits per heavy atom. The van der Waals surface area contributed by atoms with Gasteiger partial charge in [-0.1, -0.05) is 31.6 Å². The van der Waals surface area contributed by atoms with Crippen LogP contribution in [0.4, 0.5) is 5.69 Å². The lowest BCUT2D eigenvalue weighted by molar-refractivity contribution is 0.485. The molecule has 0 unspecified atom stereocenters. The highest BCUT2D eigenvalue weighted by molar-refractivity contribution is 7.80. The maximum atomic E-state index is 5.77. The summed E-state index contributed by atoms with van der Waals surface area (Å²) in [5.74, 6) is 0. The van der Waals surface area contributed by atoms with Crippen molar-refractivity contribution in [2.75, 3.05) is 11.9 Å². The van der Waals surface area contributed by atoms with E-state index in [0.29, 0.717) is 10.4 Å². The van der Waals surface area contributed by atoms with Crippen LogP contribution < -0.4 is 11.1 Å². The zero-order valence-electron chi connectivity index (χ0n) is 11.3. The van der Waals surface area contributed by atoms with E-state index in [-0.39, 0.29) is 0 Å². The fourth-order valence-electron chi connectivity index (χ4n) is 2.52. The average Bonchev–Trinajstić information content (AvgIpc) is 3.07. The molecule has 2 nitrogen and oxygen atoms in total. The van der Waals surface area contributed by atoms with Crippen LogP contribution >= 0.6 is 12.2 Å². The second-order valence-corrected chi connectivity index (χ2v) is 5.96. The van der Waals surface area contributed by atoms with Gasteiger partial charge in [0.2, 0.25) is 0 Å². The molecular formula is C15H22N2S. The van der Waals surface area contributed by atoms with Crippen molar-refractivity contribution in [1.29, 1.82) is 0 Å². The lowest BCUT2D eigenvalue weighted by Crippen LogP contribution is -2.19. The van der Waals surface area contributed by atoms with Crippen molar-refractivity contribution in [3.05, 3.63) is 29.3 Å². The summed E-state index contributed by atoms with van der Waals surface area (Å²) in [5, 5.41) is 3.56. The maximum absolute atomic E-state index is 5.77. The van der Waals surface area contributed by atoms with Gasteiger partial charge in [0.25, 0.3) is 0 Å².